The Hall–Kier alpha value is -3.32. The van der Waals surface area contributed by atoms with Gasteiger partial charge in [0, 0.05) is 11.3 Å². The molecular formula is C22H22N2O4S. The second kappa shape index (κ2) is 8.79. The van der Waals surface area contributed by atoms with Crippen LogP contribution in [0.5, 0.6) is 5.75 Å². The summed E-state index contributed by atoms with van der Waals surface area (Å²) >= 11 is 0. The molecule has 0 aliphatic rings. The molecule has 1 amide bonds. The van der Waals surface area contributed by atoms with Gasteiger partial charge in [-0.25, -0.2) is 8.42 Å². The predicted octanol–water partition coefficient (Wildman–Crippen LogP) is 4.20. The number of amides is 1. The molecule has 7 heteroatoms. The second-order valence-corrected chi connectivity index (χ2v) is 8.41. The first-order valence-electron chi connectivity index (χ1n) is 8.97. The average Bonchev–Trinajstić information content (AvgIpc) is 2.69. The first-order chi connectivity index (χ1) is 13.8. The average molecular weight is 410 g/mol. The Balaban J connectivity index is 1.61. The molecule has 29 heavy (non-hydrogen) atoms. The van der Waals surface area contributed by atoms with Crippen molar-refractivity contribution in [3.8, 4) is 5.75 Å². The molecule has 6 nitrogen and oxygen atoms in total. The van der Waals surface area contributed by atoms with E-state index in [1.165, 1.54) is 0 Å². The van der Waals surface area contributed by atoms with Crippen LogP contribution in [0.25, 0.3) is 0 Å². The molecule has 3 aromatic carbocycles. The minimum atomic E-state index is -3.37. The van der Waals surface area contributed by atoms with Gasteiger partial charge in [0.05, 0.1) is 11.9 Å². The molecule has 0 atom stereocenters. The third kappa shape index (κ3) is 6.08. The molecule has 0 saturated carbocycles. The molecule has 0 fully saturated rings. The number of hydrogen-bond acceptors (Lipinski definition) is 4. The van der Waals surface area contributed by atoms with Crippen molar-refractivity contribution in [2.45, 2.75) is 13.5 Å². The molecule has 0 bridgehead atoms. The summed E-state index contributed by atoms with van der Waals surface area (Å²) in [7, 11) is -3.37. The fraction of sp³-hybridized carbons (Fsp3) is 0.136. The quantitative estimate of drug-likeness (QED) is 0.611. The summed E-state index contributed by atoms with van der Waals surface area (Å²) < 4.78 is 30.9. The normalized spacial score (nSPS) is 11.0. The van der Waals surface area contributed by atoms with Crippen LogP contribution in [-0.4, -0.2) is 20.6 Å². The van der Waals surface area contributed by atoms with Crippen LogP contribution in [0.3, 0.4) is 0 Å². The van der Waals surface area contributed by atoms with Gasteiger partial charge >= 0.3 is 0 Å². The van der Waals surface area contributed by atoms with E-state index < -0.39 is 10.0 Å². The van der Waals surface area contributed by atoms with Gasteiger partial charge in [-0.1, -0.05) is 30.3 Å². The van der Waals surface area contributed by atoms with Crippen molar-refractivity contribution in [2.24, 2.45) is 0 Å². The number of carbonyl (C=O) groups excluding carboxylic acids is 1. The Morgan fingerprint density at radius 2 is 1.66 bits per heavy atom. The van der Waals surface area contributed by atoms with Crippen molar-refractivity contribution in [3.63, 3.8) is 0 Å². The number of carbonyl (C=O) groups is 1. The highest BCUT2D eigenvalue weighted by molar-refractivity contribution is 7.92. The lowest BCUT2D eigenvalue weighted by molar-refractivity contribution is 0.102. The zero-order chi connectivity index (χ0) is 20.9. The van der Waals surface area contributed by atoms with Crippen molar-refractivity contribution >= 4 is 27.3 Å². The molecule has 150 valence electrons. The lowest BCUT2D eigenvalue weighted by Gasteiger charge is -2.11. The van der Waals surface area contributed by atoms with E-state index in [0.29, 0.717) is 34.9 Å². The zero-order valence-corrected chi connectivity index (χ0v) is 17.0. The number of anilines is 2. The molecule has 3 rings (SSSR count). The van der Waals surface area contributed by atoms with Gasteiger partial charge in [0.15, 0.2) is 0 Å². The maximum absolute atomic E-state index is 12.5. The van der Waals surface area contributed by atoms with Crippen LogP contribution in [0.15, 0.2) is 72.8 Å². The number of rotatable bonds is 7. The Labute approximate surface area is 170 Å². The van der Waals surface area contributed by atoms with Crippen molar-refractivity contribution in [1.82, 2.24) is 0 Å². The minimum absolute atomic E-state index is 0.281. The fourth-order valence-corrected chi connectivity index (χ4v) is 3.33. The van der Waals surface area contributed by atoms with Gasteiger partial charge in [0.2, 0.25) is 10.0 Å². The van der Waals surface area contributed by atoms with E-state index in [0.717, 1.165) is 11.8 Å². The molecule has 0 aromatic heterocycles. The van der Waals surface area contributed by atoms with Crippen LogP contribution in [0.2, 0.25) is 0 Å². The van der Waals surface area contributed by atoms with Crippen LogP contribution in [0, 0.1) is 6.92 Å². The first-order valence-corrected chi connectivity index (χ1v) is 10.9. The highest BCUT2D eigenvalue weighted by Gasteiger charge is 2.10. The molecular weight excluding hydrogens is 388 g/mol. The largest absolute Gasteiger partial charge is 0.489 e. The van der Waals surface area contributed by atoms with Gasteiger partial charge < -0.3 is 10.1 Å². The molecule has 0 saturated heterocycles. The van der Waals surface area contributed by atoms with Gasteiger partial charge in [-0.05, 0) is 60.5 Å². The van der Waals surface area contributed by atoms with Gasteiger partial charge in [0.1, 0.15) is 12.4 Å². The molecule has 2 N–H and O–H groups in total. The highest BCUT2D eigenvalue weighted by atomic mass is 32.2. The third-order valence-electron chi connectivity index (χ3n) is 4.14. The highest BCUT2D eigenvalue weighted by Crippen LogP contribution is 2.20. The van der Waals surface area contributed by atoms with Crippen LogP contribution in [0.4, 0.5) is 11.4 Å². The summed E-state index contributed by atoms with van der Waals surface area (Å²) in [5, 5.41) is 2.82. The van der Waals surface area contributed by atoms with Crippen LogP contribution in [-0.2, 0) is 16.6 Å². The van der Waals surface area contributed by atoms with E-state index in [1.807, 2.05) is 30.3 Å². The molecule has 0 aliphatic heterocycles. The Bertz CT molecular complexity index is 1100. The van der Waals surface area contributed by atoms with Crippen molar-refractivity contribution in [2.75, 3.05) is 16.3 Å². The molecule has 0 spiro atoms. The molecule has 0 unspecified atom stereocenters. The lowest BCUT2D eigenvalue weighted by atomic mass is 10.1. The zero-order valence-electron chi connectivity index (χ0n) is 16.2. The molecule has 0 aliphatic carbocycles. The lowest BCUT2D eigenvalue weighted by Crippen LogP contribution is -2.14. The SMILES string of the molecule is Cc1cc(C(=O)Nc2ccc(OCc3ccccc3)cc2)ccc1NS(C)(=O)=O. The standard InChI is InChI=1S/C22H22N2O4S/c1-16-14-18(8-13-21(16)24-29(2,26)27)22(25)23-19-9-11-20(12-10-19)28-15-17-6-4-3-5-7-17/h3-14,24H,15H2,1-2H3,(H,23,25). The van der Waals surface area contributed by atoms with Gasteiger partial charge in [-0.2, -0.15) is 0 Å². The predicted molar refractivity (Wildman–Crippen MR) is 115 cm³/mol. The van der Waals surface area contributed by atoms with Crippen LogP contribution >= 0.6 is 0 Å². The van der Waals surface area contributed by atoms with Crippen LogP contribution in [0.1, 0.15) is 21.5 Å². The number of benzene rings is 3. The van der Waals surface area contributed by atoms with E-state index in [1.54, 1.807) is 49.4 Å². The number of aryl methyl sites for hydroxylation is 1. The van der Waals surface area contributed by atoms with E-state index in [4.69, 9.17) is 4.74 Å². The van der Waals surface area contributed by atoms with Gasteiger partial charge in [-0.15, -0.1) is 0 Å². The third-order valence-corrected chi connectivity index (χ3v) is 4.74. The minimum Gasteiger partial charge on any atom is -0.489 e. The summed E-state index contributed by atoms with van der Waals surface area (Å²) in [6.45, 7) is 2.21. The fourth-order valence-electron chi connectivity index (χ4n) is 2.70. The summed E-state index contributed by atoms with van der Waals surface area (Å²) in [5.74, 6) is 0.427. The van der Waals surface area contributed by atoms with Crippen molar-refractivity contribution < 1.29 is 17.9 Å². The Kier molecular flexibility index (Phi) is 6.19. The first kappa shape index (κ1) is 20.4. The van der Waals surface area contributed by atoms with Crippen LogP contribution < -0.4 is 14.8 Å². The van der Waals surface area contributed by atoms with E-state index in [-0.39, 0.29) is 5.91 Å². The molecule has 3 aromatic rings. The summed E-state index contributed by atoms with van der Waals surface area (Å²) in [4.78, 5) is 12.5. The Morgan fingerprint density at radius 1 is 0.966 bits per heavy atom. The second-order valence-electron chi connectivity index (χ2n) is 6.66. The van der Waals surface area contributed by atoms with E-state index >= 15 is 0 Å². The number of sulfonamides is 1. The maximum atomic E-state index is 12.5. The summed E-state index contributed by atoms with van der Waals surface area (Å²) in [6.07, 6.45) is 1.08. The van der Waals surface area contributed by atoms with Gasteiger partial charge in [0.25, 0.3) is 5.91 Å². The number of nitrogens with one attached hydrogen (secondary N) is 2. The molecule has 0 radical (unpaired) electrons. The summed E-state index contributed by atoms with van der Waals surface area (Å²) in [5.41, 5.74) is 3.26. The maximum Gasteiger partial charge on any atom is 0.255 e. The van der Waals surface area contributed by atoms with Crippen molar-refractivity contribution in [1.29, 1.82) is 0 Å². The topological polar surface area (TPSA) is 84.5 Å². The number of hydrogen-bond donors (Lipinski definition) is 2. The van der Waals surface area contributed by atoms with E-state index in [2.05, 4.69) is 10.0 Å². The van der Waals surface area contributed by atoms with Crippen molar-refractivity contribution in [3.05, 3.63) is 89.5 Å². The number of ether oxygens (including phenoxy) is 1. The molecule has 0 heterocycles. The summed E-state index contributed by atoms with van der Waals surface area (Å²) in [6, 6.07) is 21.8. The smallest absolute Gasteiger partial charge is 0.255 e. The Morgan fingerprint density at radius 3 is 2.28 bits per heavy atom. The van der Waals surface area contributed by atoms with Gasteiger partial charge in [-0.3, -0.25) is 9.52 Å². The monoisotopic (exact) mass is 410 g/mol. The van der Waals surface area contributed by atoms with E-state index in [9.17, 15) is 13.2 Å².